The Morgan fingerprint density at radius 2 is 1.81 bits per heavy atom. The Morgan fingerprint density at radius 1 is 1.31 bits per heavy atom. The quantitative estimate of drug-likeness (QED) is 0.799. The van der Waals surface area contributed by atoms with E-state index in [1.54, 1.807) is 6.92 Å². The molecule has 0 aliphatic carbocycles. The van der Waals surface area contributed by atoms with E-state index in [9.17, 15) is 23.1 Å². The Labute approximate surface area is 93.2 Å². The highest BCUT2D eigenvalue weighted by Crippen LogP contribution is 2.22. The van der Waals surface area contributed by atoms with Crippen molar-refractivity contribution in [2.45, 2.75) is 45.4 Å². The van der Waals surface area contributed by atoms with Crippen LogP contribution >= 0.6 is 0 Å². The second-order valence-corrected chi connectivity index (χ2v) is 4.34. The van der Waals surface area contributed by atoms with E-state index in [0.717, 1.165) is 0 Å². The molecule has 0 aliphatic rings. The monoisotopic (exact) mass is 241 g/mol. The molecule has 0 radical (unpaired) electrons. The number of aliphatic hydroxyl groups is 1. The summed E-state index contributed by atoms with van der Waals surface area (Å²) in [5.74, 6) is -0.582. The molecular weight excluding hydrogens is 223 g/mol. The summed E-state index contributed by atoms with van der Waals surface area (Å²) in [6.45, 7) is 5.01. The number of carbonyl (C=O) groups excluding carboxylic acids is 1. The molecule has 0 aromatic heterocycles. The first-order valence-electron chi connectivity index (χ1n) is 5.12. The summed E-state index contributed by atoms with van der Waals surface area (Å²) in [6.07, 6.45) is -5.99. The fourth-order valence-corrected chi connectivity index (χ4v) is 1.25. The molecule has 1 amide bonds. The van der Waals surface area contributed by atoms with Gasteiger partial charge in [-0.3, -0.25) is 4.79 Å². The van der Waals surface area contributed by atoms with E-state index in [4.69, 9.17) is 0 Å². The molecule has 96 valence electrons. The molecule has 0 aromatic rings. The molecule has 16 heavy (non-hydrogen) atoms. The van der Waals surface area contributed by atoms with Gasteiger partial charge in [0.15, 0.2) is 0 Å². The molecule has 1 N–H and O–H groups in total. The first-order chi connectivity index (χ1) is 7.05. The van der Waals surface area contributed by atoms with E-state index in [1.807, 2.05) is 0 Å². The highest BCUT2D eigenvalue weighted by molar-refractivity contribution is 5.76. The number of rotatable bonds is 5. The molecule has 0 spiro atoms. The summed E-state index contributed by atoms with van der Waals surface area (Å²) in [4.78, 5) is 12.6. The van der Waals surface area contributed by atoms with Crippen LogP contribution < -0.4 is 0 Å². The first-order valence-corrected chi connectivity index (χ1v) is 5.12. The van der Waals surface area contributed by atoms with Gasteiger partial charge in [-0.1, -0.05) is 0 Å². The number of nitrogens with zero attached hydrogens (tertiary/aromatic N) is 1. The number of alkyl halides is 3. The second kappa shape index (κ2) is 5.52. The minimum absolute atomic E-state index is 0.0419. The Morgan fingerprint density at radius 3 is 2.12 bits per heavy atom. The number of hydrogen-bond donors (Lipinski definition) is 1. The van der Waals surface area contributed by atoms with Gasteiger partial charge in [0.1, 0.15) is 0 Å². The number of amides is 1. The van der Waals surface area contributed by atoms with Crippen LogP contribution in [-0.2, 0) is 4.79 Å². The van der Waals surface area contributed by atoms with Crippen LogP contribution in [0.5, 0.6) is 0 Å². The van der Waals surface area contributed by atoms with Crippen LogP contribution in [0.4, 0.5) is 13.2 Å². The molecule has 0 fully saturated rings. The van der Waals surface area contributed by atoms with Crippen molar-refractivity contribution in [3.05, 3.63) is 0 Å². The van der Waals surface area contributed by atoms with Crippen LogP contribution in [-0.4, -0.2) is 40.8 Å². The third-order valence-electron chi connectivity index (χ3n) is 1.93. The molecule has 0 unspecified atom stereocenters. The van der Waals surface area contributed by atoms with Gasteiger partial charge in [-0.25, -0.2) is 0 Å². The Hall–Kier alpha value is -0.780. The van der Waals surface area contributed by atoms with Crippen LogP contribution in [0.25, 0.3) is 0 Å². The smallest absolute Gasteiger partial charge is 0.389 e. The van der Waals surface area contributed by atoms with Gasteiger partial charge in [0, 0.05) is 19.5 Å². The van der Waals surface area contributed by atoms with E-state index in [1.165, 1.54) is 18.7 Å². The zero-order valence-electron chi connectivity index (χ0n) is 9.76. The van der Waals surface area contributed by atoms with Crippen molar-refractivity contribution >= 4 is 5.91 Å². The average Bonchev–Trinajstić information content (AvgIpc) is 2.07. The summed E-state index contributed by atoms with van der Waals surface area (Å²) in [6, 6.07) is 0. The van der Waals surface area contributed by atoms with Crippen LogP contribution in [0, 0.1) is 0 Å². The number of likely N-dealkylation sites (N-methyl/N-ethyl adjacent to an activating group) is 1. The zero-order valence-corrected chi connectivity index (χ0v) is 9.76. The van der Waals surface area contributed by atoms with E-state index < -0.39 is 30.5 Å². The Kier molecular flexibility index (Phi) is 5.25. The summed E-state index contributed by atoms with van der Waals surface area (Å²) >= 11 is 0. The fourth-order valence-electron chi connectivity index (χ4n) is 1.25. The van der Waals surface area contributed by atoms with Crippen molar-refractivity contribution in [2.75, 3.05) is 13.1 Å². The largest absolute Gasteiger partial charge is 0.389 e. The molecule has 0 saturated carbocycles. The lowest BCUT2D eigenvalue weighted by atomic mass is 10.1. The predicted molar refractivity (Wildman–Crippen MR) is 53.8 cm³/mol. The third-order valence-corrected chi connectivity index (χ3v) is 1.93. The minimum atomic E-state index is -4.32. The Bertz CT molecular complexity index is 233. The van der Waals surface area contributed by atoms with E-state index in [0.29, 0.717) is 6.54 Å². The molecule has 0 atom stereocenters. The lowest BCUT2D eigenvalue weighted by Gasteiger charge is -2.28. The highest BCUT2D eigenvalue weighted by atomic mass is 19.4. The van der Waals surface area contributed by atoms with Crippen molar-refractivity contribution in [1.82, 2.24) is 4.90 Å². The predicted octanol–water partition coefficient (Wildman–Crippen LogP) is 1.95. The van der Waals surface area contributed by atoms with Crippen molar-refractivity contribution in [2.24, 2.45) is 0 Å². The van der Waals surface area contributed by atoms with Crippen molar-refractivity contribution in [3.8, 4) is 0 Å². The summed E-state index contributed by atoms with van der Waals surface area (Å²) in [7, 11) is 0. The molecule has 6 heteroatoms. The van der Waals surface area contributed by atoms with E-state index >= 15 is 0 Å². The fraction of sp³-hybridized carbons (Fsp3) is 0.900. The third kappa shape index (κ3) is 7.50. The van der Waals surface area contributed by atoms with Crippen molar-refractivity contribution in [1.29, 1.82) is 0 Å². The molecular formula is C10H18F3NO2. The normalized spacial score (nSPS) is 12.7. The average molecular weight is 241 g/mol. The molecule has 3 nitrogen and oxygen atoms in total. The maximum atomic E-state index is 11.9. The van der Waals surface area contributed by atoms with Crippen LogP contribution in [0.1, 0.15) is 33.6 Å². The van der Waals surface area contributed by atoms with Gasteiger partial charge in [-0.15, -0.1) is 0 Å². The maximum Gasteiger partial charge on any atom is 0.389 e. The molecule has 0 rings (SSSR count). The van der Waals surface area contributed by atoms with Crippen LogP contribution in [0.2, 0.25) is 0 Å². The first kappa shape index (κ1) is 15.2. The van der Waals surface area contributed by atoms with Crippen LogP contribution in [0.3, 0.4) is 0 Å². The zero-order chi connectivity index (χ0) is 13.0. The Balaban J connectivity index is 4.22. The van der Waals surface area contributed by atoms with Gasteiger partial charge < -0.3 is 10.0 Å². The van der Waals surface area contributed by atoms with Gasteiger partial charge in [0.05, 0.1) is 12.0 Å². The van der Waals surface area contributed by atoms with E-state index in [-0.39, 0.29) is 6.54 Å². The van der Waals surface area contributed by atoms with Crippen molar-refractivity contribution < 1.29 is 23.1 Å². The number of carbonyl (C=O) groups is 1. The topological polar surface area (TPSA) is 40.5 Å². The summed E-state index contributed by atoms with van der Waals surface area (Å²) in [5.41, 5.74) is -1.09. The number of hydrogen-bond acceptors (Lipinski definition) is 2. The van der Waals surface area contributed by atoms with Gasteiger partial charge >= 0.3 is 6.18 Å². The maximum absolute atomic E-state index is 11.9. The van der Waals surface area contributed by atoms with Gasteiger partial charge in [-0.05, 0) is 20.8 Å². The van der Waals surface area contributed by atoms with Gasteiger partial charge in [0.25, 0.3) is 0 Å². The summed E-state index contributed by atoms with van der Waals surface area (Å²) < 4.78 is 35.7. The van der Waals surface area contributed by atoms with Gasteiger partial charge in [-0.2, -0.15) is 13.2 Å². The molecule has 0 bridgehead atoms. The second-order valence-electron chi connectivity index (χ2n) is 4.34. The molecule has 0 saturated heterocycles. The van der Waals surface area contributed by atoms with Gasteiger partial charge in [0.2, 0.25) is 5.91 Å². The lowest BCUT2D eigenvalue weighted by Crippen LogP contribution is -2.42. The lowest BCUT2D eigenvalue weighted by molar-refractivity contribution is -0.150. The standard InChI is InChI=1S/C10H18F3NO2/c1-4-14(7-9(2,3)16)8(15)5-6-10(11,12)13/h16H,4-7H2,1-3H3. The highest BCUT2D eigenvalue weighted by Gasteiger charge is 2.29. The SMILES string of the molecule is CCN(CC(C)(C)O)C(=O)CCC(F)(F)F. The number of halogens is 3. The summed E-state index contributed by atoms with van der Waals surface area (Å²) in [5, 5.41) is 9.48. The van der Waals surface area contributed by atoms with E-state index in [2.05, 4.69) is 0 Å². The van der Waals surface area contributed by atoms with Crippen LogP contribution in [0.15, 0.2) is 0 Å². The van der Waals surface area contributed by atoms with Crippen molar-refractivity contribution in [3.63, 3.8) is 0 Å². The molecule has 0 aromatic carbocycles. The minimum Gasteiger partial charge on any atom is -0.389 e. The molecule has 0 heterocycles. The molecule has 0 aliphatic heterocycles.